The minimum Gasteiger partial charge on any atom is -0.271 e. The topological polar surface area (TPSA) is 50.9 Å². The van der Waals surface area contributed by atoms with E-state index in [-0.39, 0.29) is 11.9 Å². The average Bonchev–Trinajstić information content (AvgIpc) is 2.37. The van der Waals surface area contributed by atoms with Crippen molar-refractivity contribution < 1.29 is 4.39 Å². The molecule has 4 atom stereocenters. The zero-order valence-corrected chi connectivity index (χ0v) is 11.1. The van der Waals surface area contributed by atoms with Gasteiger partial charge in [0.15, 0.2) is 0 Å². The molecule has 3 N–H and O–H groups in total. The number of nitrogens with two attached hydrogens (primary N) is 1. The van der Waals surface area contributed by atoms with Crippen LogP contribution in [-0.2, 0) is 0 Å². The molecule has 1 aliphatic carbocycles. The van der Waals surface area contributed by atoms with Gasteiger partial charge in [0.1, 0.15) is 5.82 Å². The van der Waals surface area contributed by atoms with E-state index in [4.69, 9.17) is 5.84 Å². The van der Waals surface area contributed by atoms with E-state index in [2.05, 4.69) is 24.3 Å². The molecule has 1 fully saturated rings. The van der Waals surface area contributed by atoms with Gasteiger partial charge in [-0.1, -0.05) is 20.3 Å². The molecule has 4 heteroatoms. The zero-order valence-electron chi connectivity index (χ0n) is 11.1. The van der Waals surface area contributed by atoms with Crippen molar-refractivity contribution in [2.75, 3.05) is 0 Å². The first-order valence-corrected chi connectivity index (χ1v) is 6.70. The summed E-state index contributed by atoms with van der Waals surface area (Å²) >= 11 is 0. The summed E-state index contributed by atoms with van der Waals surface area (Å²) in [5, 5.41) is 0. The number of pyridine rings is 1. The number of aromatic nitrogens is 1. The maximum Gasteiger partial charge on any atom is 0.146 e. The van der Waals surface area contributed by atoms with Gasteiger partial charge in [0.25, 0.3) is 0 Å². The highest BCUT2D eigenvalue weighted by molar-refractivity contribution is 5.13. The van der Waals surface area contributed by atoms with Crippen molar-refractivity contribution in [2.24, 2.45) is 23.6 Å². The van der Waals surface area contributed by atoms with Crippen LogP contribution in [0.4, 0.5) is 4.39 Å². The molecular formula is C14H22FN3. The molecule has 3 nitrogen and oxygen atoms in total. The number of nitrogens with one attached hydrogen (secondary N) is 1. The van der Waals surface area contributed by atoms with Crippen LogP contribution in [-0.4, -0.2) is 4.98 Å². The number of hydrogen-bond acceptors (Lipinski definition) is 3. The first-order chi connectivity index (χ1) is 8.63. The molecule has 18 heavy (non-hydrogen) atoms. The Morgan fingerprint density at radius 3 is 2.78 bits per heavy atom. The Labute approximate surface area is 108 Å². The Hall–Kier alpha value is -1.00. The molecule has 0 saturated heterocycles. The van der Waals surface area contributed by atoms with E-state index < -0.39 is 0 Å². The monoisotopic (exact) mass is 251 g/mol. The van der Waals surface area contributed by atoms with Gasteiger partial charge in [-0.2, -0.15) is 0 Å². The lowest BCUT2D eigenvalue weighted by Gasteiger charge is -2.36. The molecular weight excluding hydrogens is 229 g/mol. The van der Waals surface area contributed by atoms with Gasteiger partial charge >= 0.3 is 0 Å². The van der Waals surface area contributed by atoms with E-state index in [1.165, 1.54) is 12.5 Å². The number of hydrogen-bond donors (Lipinski definition) is 2. The summed E-state index contributed by atoms with van der Waals surface area (Å²) in [5.74, 6) is 7.13. The summed E-state index contributed by atoms with van der Waals surface area (Å²) in [4.78, 5) is 4.15. The van der Waals surface area contributed by atoms with Gasteiger partial charge in [0.2, 0.25) is 0 Å². The molecule has 1 saturated carbocycles. The van der Waals surface area contributed by atoms with Crippen LogP contribution >= 0.6 is 0 Å². The molecule has 2 rings (SSSR count). The maximum absolute atomic E-state index is 13.8. The fraction of sp³-hybridized carbons (Fsp3) is 0.643. The Morgan fingerprint density at radius 2 is 2.17 bits per heavy atom. The number of hydrazine groups is 1. The smallest absolute Gasteiger partial charge is 0.146 e. The largest absolute Gasteiger partial charge is 0.271 e. The number of nitrogens with zero attached hydrogens (tertiary/aromatic N) is 1. The van der Waals surface area contributed by atoms with Crippen molar-refractivity contribution in [3.05, 3.63) is 29.8 Å². The van der Waals surface area contributed by atoms with Crippen LogP contribution in [0.1, 0.15) is 44.8 Å². The normalized spacial score (nSPS) is 30.1. The molecule has 0 bridgehead atoms. The summed E-state index contributed by atoms with van der Waals surface area (Å²) in [6.45, 7) is 4.55. The first kappa shape index (κ1) is 13.4. The van der Waals surface area contributed by atoms with Crippen molar-refractivity contribution in [1.29, 1.82) is 0 Å². The highest BCUT2D eigenvalue weighted by Gasteiger charge is 2.32. The predicted molar refractivity (Wildman–Crippen MR) is 69.9 cm³/mol. The maximum atomic E-state index is 13.8. The molecule has 4 unspecified atom stereocenters. The van der Waals surface area contributed by atoms with Crippen LogP contribution in [0.25, 0.3) is 0 Å². The molecule has 1 aliphatic rings. The summed E-state index contributed by atoms with van der Waals surface area (Å²) in [6, 6.07) is 2.88. The molecule has 0 spiro atoms. The fourth-order valence-corrected chi connectivity index (χ4v) is 2.96. The van der Waals surface area contributed by atoms with Crippen molar-refractivity contribution in [3.8, 4) is 0 Å². The van der Waals surface area contributed by atoms with E-state index in [1.54, 1.807) is 12.3 Å². The van der Waals surface area contributed by atoms with Gasteiger partial charge in [-0.15, -0.1) is 0 Å². The minimum absolute atomic E-state index is 0.179. The lowest BCUT2D eigenvalue weighted by Crippen LogP contribution is -2.37. The summed E-state index contributed by atoms with van der Waals surface area (Å²) in [5.41, 5.74) is 3.21. The quantitative estimate of drug-likeness (QED) is 0.641. The third-order valence-corrected chi connectivity index (χ3v) is 4.37. The third kappa shape index (κ3) is 2.70. The molecule has 0 amide bonds. The van der Waals surface area contributed by atoms with Gasteiger partial charge in [-0.3, -0.25) is 16.3 Å². The van der Waals surface area contributed by atoms with Crippen LogP contribution in [0.15, 0.2) is 18.3 Å². The van der Waals surface area contributed by atoms with Crippen LogP contribution in [0.2, 0.25) is 0 Å². The van der Waals surface area contributed by atoms with Crippen molar-refractivity contribution in [3.63, 3.8) is 0 Å². The highest BCUT2D eigenvalue weighted by Crippen LogP contribution is 2.39. The molecule has 100 valence electrons. The fourth-order valence-electron chi connectivity index (χ4n) is 2.96. The second kappa shape index (κ2) is 5.76. The third-order valence-electron chi connectivity index (χ3n) is 4.37. The van der Waals surface area contributed by atoms with Crippen molar-refractivity contribution >= 4 is 0 Å². The van der Waals surface area contributed by atoms with Gasteiger partial charge in [0.05, 0.1) is 11.7 Å². The average molecular weight is 251 g/mol. The lowest BCUT2D eigenvalue weighted by molar-refractivity contribution is 0.168. The summed E-state index contributed by atoms with van der Waals surface area (Å²) in [7, 11) is 0. The molecule has 0 aliphatic heterocycles. The van der Waals surface area contributed by atoms with Gasteiger partial charge in [0, 0.05) is 6.20 Å². The number of rotatable bonds is 3. The van der Waals surface area contributed by atoms with Gasteiger partial charge in [-0.05, 0) is 42.7 Å². The zero-order chi connectivity index (χ0) is 13.1. The Morgan fingerprint density at radius 1 is 1.39 bits per heavy atom. The minimum atomic E-state index is -0.272. The lowest BCUT2D eigenvalue weighted by atomic mass is 9.72. The van der Waals surface area contributed by atoms with Crippen LogP contribution in [0.5, 0.6) is 0 Å². The molecule has 0 aromatic carbocycles. The Bertz CT molecular complexity index is 396. The van der Waals surface area contributed by atoms with Crippen molar-refractivity contribution in [1.82, 2.24) is 10.4 Å². The van der Waals surface area contributed by atoms with E-state index in [9.17, 15) is 4.39 Å². The molecule has 1 aromatic rings. The van der Waals surface area contributed by atoms with Gasteiger partial charge in [-0.25, -0.2) is 4.39 Å². The van der Waals surface area contributed by atoms with E-state index >= 15 is 0 Å². The van der Waals surface area contributed by atoms with Crippen LogP contribution in [0.3, 0.4) is 0 Å². The summed E-state index contributed by atoms with van der Waals surface area (Å²) in [6.07, 6.45) is 4.96. The SMILES string of the molecule is CC1CCC(C(NN)c2ncccc2F)CC1C. The Balaban J connectivity index is 2.17. The predicted octanol–water partition coefficient (Wildman–Crippen LogP) is 2.80. The van der Waals surface area contributed by atoms with E-state index in [0.29, 0.717) is 17.5 Å². The standard InChI is InChI=1S/C14H22FN3/c1-9-5-6-11(8-10(9)2)13(18-16)14-12(15)4-3-7-17-14/h3-4,7,9-11,13,18H,5-6,8,16H2,1-2H3. The van der Waals surface area contributed by atoms with Gasteiger partial charge < -0.3 is 0 Å². The van der Waals surface area contributed by atoms with E-state index in [0.717, 1.165) is 18.8 Å². The second-order valence-electron chi connectivity index (χ2n) is 5.54. The molecule has 0 radical (unpaired) electrons. The van der Waals surface area contributed by atoms with Crippen LogP contribution in [0, 0.1) is 23.6 Å². The van der Waals surface area contributed by atoms with E-state index in [1.807, 2.05) is 0 Å². The molecule has 1 aromatic heterocycles. The molecule has 1 heterocycles. The second-order valence-corrected chi connectivity index (χ2v) is 5.54. The van der Waals surface area contributed by atoms with Crippen molar-refractivity contribution in [2.45, 2.75) is 39.2 Å². The number of halogens is 1. The van der Waals surface area contributed by atoms with Crippen LogP contribution < -0.4 is 11.3 Å². The Kier molecular flexibility index (Phi) is 4.30. The summed E-state index contributed by atoms with van der Waals surface area (Å²) < 4.78 is 13.8. The highest BCUT2D eigenvalue weighted by atomic mass is 19.1. The first-order valence-electron chi connectivity index (χ1n) is 6.70.